The van der Waals surface area contributed by atoms with Crippen LogP contribution in [0.4, 0.5) is 0 Å². The standard InChI is InChI=1S/C17H26N2O2/c1-5-6-14(4)18-19-17(20)15-7-9-16(10-8-15)21-12-11-13(2)3/h7-10,13H,5-6,11-12H2,1-4H3,(H,19,20)/b18-14+. The summed E-state index contributed by atoms with van der Waals surface area (Å²) in [4.78, 5) is 11.9. The Labute approximate surface area is 127 Å². The number of carbonyl (C=O) groups is 1. The van der Waals surface area contributed by atoms with Crippen LogP contribution in [0, 0.1) is 5.92 Å². The second-order valence-corrected chi connectivity index (χ2v) is 5.59. The van der Waals surface area contributed by atoms with Gasteiger partial charge in [-0.1, -0.05) is 27.2 Å². The number of rotatable bonds is 8. The molecular weight excluding hydrogens is 264 g/mol. The summed E-state index contributed by atoms with van der Waals surface area (Å²) < 4.78 is 5.62. The highest BCUT2D eigenvalue weighted by molar-refractivity contribution is 5.95. The molecule has 1 rings (SSSR count). The van der Waals surface area contributed by atoms with Crippen LogP contribution in [0.1, 0.15) is 57.3 Å². The third-order valence-corrected chi connectivity index (χ3v) is 3.04. The molecule has 0 aliphatic carbocycles. The number of benzene rings is 1. The van der Waals surface area contributed by atoms with Gasteiger partial charge in [0.1, 0.15) is 5.75 Å². The van der Waals surface area contributed by atoms with E-state index in [4.69, 9.17) is 4.74 Å². The number of nitrogens with one attached hydrogen (secondary N) is 1. The van der Waals surface area contributed by atoms with Crippen LogP contribution in [0.25, 0.3) is 0 Å². The molecule has 1 aromatic rings. The van der Waals surface area contributed by atoms with Gasteiger partial charge < -0.3 is 4.74 Å². The topological polar surface area (TPSA) is 50.7 Å². The predicted molar refractivity (Wildman–Crippen MR) is 86.9 cm³/mol. The Balaban J connectivity index is 2.49. The molecule has 0 saturated carbocycles. The van der Waals surface area contributed by atoms with E-state index in [1.54, 1.807) is 12.1 Å². The summed E-state index contributed by atoms with van der Waals surface area (Å²) in [5, 5.41) is 4.07. The van der Waals surface area contributed by atoms with Crippen molar-refractivity contribution in [1.82, 2.24) is 5.43 Å². The Morgan fingerprint density at radius 1 is 1.29 bits per heavy atom. The summed E-state index contributed by atoms with van der Waals surface area (Å²) in [6, 6.07) is 7.14. The smallest absolute Gasteiger partial charge is 0.271 e. The van der Waals surface area contributed by atoms with Crippen LogP contribution in [0.3, 0.4) is 0 Å². The maximum Gasteiger partial charge on any atom is 0.271 e. The number of hydrogen-bond acceptors (Lipinski definition) is 3. The van der Waals surface area contributed by atoms with E-state index in [1.165, 1.54) is 0 Å². The van der Waals surface area contributed by atoms with Crippen LogP contribution in [0.15, 0.2) is 29.4 Å². The second-order valence-electron chi connectivity index (χ2n) is 5.59. The summed E-state index contributed by atoms with van der Waals surface area (Å²) in [6.07, 6.45) is 2.93. The number of amides is 1. The maximum atomic E-state index is 11.9. The molecule has 1 N–H and O–H groups in total. The SMILES string of the molecule is CCC/C(C)=N/NC(=O)c1ccc(OCCC(C)C)cc1. The molecule has 0 bridgehead atoms. The molecule has 0 aromatic heterocycles. The van der Waals surface area contributed by atoms with Gasteiger partial charge in [0.25, 0.3) is 5.91 Å². The highest BCUT2D eigenvalue weighted by Gasteiger charge is 2.05. The van der Waals surface area contributed by atoms with Crippen molar-refractivity contribution >= 4 is 11.6 Å². The van der Waals surface area contributed by atoms with Crippen molar-refractivity contribution < 1.29 is 9.53 Å². The van der Waals surface area contributed by atoms with Crippen LogP contribution in [0.5, 0.6) is 5.75 Å². The highest BCUT2D eigenvalue weighted by Crippen LogP contribution is 2.13. The molecule has 1 amide bonds. The number of ether oxygens (including phenoxy) is 1. The molecule has 4 nitrogen and oxygen atoms in total. The van der Waals surface area contributed by atoms with Gasteiger partial charge in [0, 0.05) is 11.3 Å². The third kappa shape index (κ3) is 6.93. The van der Waals surface area contributed by atoms with E-state index in [1.807, 2.05) is 19.1 Å². The van der Waals surface area contributed by atoms with Gasteiger partial charge in [-0.3, -0.25) is 4.79 Å². The van der Waals surface area contributed by atoms with Gasteiger partial charge in [0.15, 0.2) is 0 Å². The second kappa shape index (κ2) is 9.16. The van der Waals surface area contributed by atoms with Gasteiger partial charge in [-0.2, -0.15) is 5.10 Å². The Kier molecular flexibility index (Phi) is 7.51. The van der Waals surface area contributed by atoms with E-state index in [0.717, 1.165) is 30.7 Å². The summed E-state index contributed by atoms with van der Waals surface area (Å²) in [5.41, 5.74) is 4.08. The van der Waals surface area contributed by atoms with E-state index < -0.39 is 0 Å². The van der Waals surface area contributed by atoms with E-state index >= 15 is 0 Å². The molecule has 0 aliphatic heterocycles. The molecular formula is C17H26N2O2. The lowest BCUT2D eigenvalue weighted by Gasteiger charge is -2.08. The Hall–Kier alpha value is -1.84. The first kappa shape index (κ1) is 17.2. The van der Waals surface area contributed by atoms with Crippen molar-refractivity contribution in [2.24, 2.45) is 11.0 Å². The van der Waals surface area contributed by atoms with E-state index in [9.17, 15) is 4.79 Å². The number of nitrogens with zero attached hydrogens (tertiary/aromatic N) is 1. The average Bonchev–Trinajstić information content (AvgIpc) is 2.45. The van der Waals surface area contributed by atoms with Gasteiger partial charge in [0.05, 0.1) is 6.61 Å². The van der Waals surface area contributed by atoms with Gasteiger partial charge >= 0.3 is 0 Å². The highest BCUT2D eigenvalue weighted by atomic mass is 16.5. The van der Waals surface area contributed by atoms with Crippen LogP contribution < -0.4 is 10.2 Å². The average molecular weight is 290 g/mol. The van der Waals surface area contributed by atoms with Crippen molar-refractivity contribution in [3.63, 3.8) is 0 Å². The zero-order valence-corrected chi connectivity index (χ0v) is 13.5. The molecule has 21 heavy (non-hydrogen) atoms. The summed E-state index contributed by atoms with van der Waals surface area (Å²) in [6.45, 7) is 9.02. The number of hydrazone groups is 1. The normalized spacial score (nSPS) is 11.6. The zero-order valence-electron chi connectivity index (χ0n) is 13.5. The molecule has 0 saturated heterocycles. The van der Waals surface area contributed by atoms with Gasteiger partial charge in [0.2, 0.25) is 0 Å². The lowest BCUT2D eigenvalue weighted by atomic mass is 10.1. The Bertz CT molecular complexity index is 464. The van der Waals surface area contributed by atoms with Crippen LogP contribution >= 0.6 is 0 Å². The Morgan fingerprint density at radius 3 is 2.52 bits per heavy atom. The molecule has 0 aliphatic rings. The van der Waals surface area contributed by atoms with E-state index in [2.05, 4.69) is 31.3 Å². The molecule has 0 fully saturated rings. The fourth-order valence-corrected chi connectivity index (χ4v) is 1.74. The third-order valence-electron chi connectivity index (χ3n) is 3.04. The van der Waals surface area contributed by atoms with Gasteiger partial charge in [-0.15, -0.1) is 0 Å². The lowest BCUT2D eigenvalue weighted by molar-refractivity contribution is 0.0954. The molecule has 0 heterocycles. The first-order valence-electron chi connectivity index (χ1n) is 7.59. The summed E-state index contributed by atoms with van der Waals surface area (Å²) in [5.74, 6) is 1.22. The molecule has 116 valence electrons. The molecule has 4 heteroatoms. The van der Waals surface area contributed by atoms with Crippen molar-refractivity contribution in [3.8, 4) is 5.75 Å². The van der Waals surface area contributed by atoms with E-state index in [-0.39, 0.29) is 5.91 Å². The van der Waals surface area contributed by atoms with Crippen LogP contribution in [0.2, 0.25) is 0 Å². The largest absolute Gasteiger partial charge is 0.494 e. The minimum atomic E-state index is -0.195. The molecule has 0 unspecified atom stereocenters. The summed E-state index contributed by atoms with van der Waals surface area (Å²) >= 11 is 0. The van der Waals surface area contributed by atoms with Crippen molar-refractivity contribution in [2.45, 2.75) is 47.0 Å². The maximum absolute atomic E-state index is 11.9. The first-order chi connectivity index (χ1) is 10.0. The monoisotopic (exact) mass is 290 g/mol. The zero-order chi connectivity index (χ0) is 15.7. The first-order valence-corrected chi connectivity index (χ1v) is 7.59. The minimum absolute atomic E-state index is 0.195. The fourth-order valence-electron chi connectivity index (χ4n) is 1.74. The quantitative estimate of drug-likeness (QED) is 0.581. The Morgan fingerprint density at radius 2 is 1.95 bits per heavy atom. The molecule has 0 atom stereocenters. The van der Waals surface area contributed by atoms with E-state index in [0.29, 0.717) is 18.1 Å². The van der Waals surface area contributed by atoms with Crippen molar-refractivity contribution in [3.05, 3.63) is 29.8 Å². The number of hydrogen-bond donors (Lipinski definition) is 1. The fraction of sp³-hybridized carbons (Fsp3) is 0.529. The molecule has 0 spiro atoms. The molecule has 1 aromatic carbocycles. The van der Waals surface area contributed by atoms with Gasteiger partial charge in [-0.05, 0) is 49.9 Å². The van der Waals surface area contributed by atoms with Crippen LogP contribution in [-0.2, 0) is 0 Å². The minimum Gasteiger partial charge on any atom is -0.494 e. The molecule has 0 radical (unpaired) electrons. The predicted octanol–water partition coefficient (Wildman–Crippen LogP) is 4.02. The van der Waals surface area contributed by atoms with Crippen LogP contribution in [-0.4, -0.2) is 18.2 Å². The van der Waals surface area contributed by atoms with Crippen molar-refractivity contribution in [2.75, 3.05) is 6.61 Å². The number of carbonyl (C=O) groups excluding carboxylic acids is 1. The lowest BCUT2D eigenvalue weighted by Crippen LogP contribution is -2.18. The van der Waals surface area contributed by atoms with Crippen molar-refractivity contribution in [1.29, 1.82) is 0 Å². The van der Waals surface area contributed by atoms with Gasteiger partial charge in [-0.25, -0.2) is 5.43 Å². The summed E-state index contributed by atoms with van der Waals surface area (Å²) in [7, 11) is 0.